The van der Waals surface area contributed by atoms with Crippen molar-refractivity contribution in [3.63, 3.8) is 0 Å². The van der Waals surface area contributed by atoms with Crippen LogP contribution in [0.5, 0.6) is 0 Å². The van der Waals surface area contributed by atoms with Gasteiger partial charge in [0.25, 0.3) is 0 Å². The molecule has 0 aliphatic heterocycles. The maximum absolute atomic E-state index is 8.61. The van der Waals surface area contributed by atoms with E-state index in [0.717, 1.165) is 0 Å². The van der Waals surface area contributed by atoms with Gasteiger partial charge in [0, 0.05) is 0 Å². The van der Waals surface area contributed by atoms with Gasteiger partial charge in [-0.15, -0.1) is 0 Å². The van der Waals surface area contributed by atoms with Gasteiger partial charge in [0.2, 0.25) is 0 Å². The van der Waals surface area contributed by atoms with Crippen molar-refractivity contribution in [3.8, 4) is 0 Å². The van der Waals surface area contributed by atoms with Crippen molar-refractivity contribution in [2.24, 2.45) is 0 Å². The third kappa shape index (κ3) is 61.9. The van der Waals surface area contributed by atoms with Crippen LogP contribution in [-0.2, 0) is 23.7 Å². The van der Waals surface area contributed by atoms with Crippen LogP contribution in [0.15, 0.2) is 0 Å². The van der Waals surface area contributed by atoms with Crippen molar-refractivity contribution in [1.29, 1.82) is 0 Å². The first kappa shape index (κ1) is 17.3. The summed E-state index contributed by atoms with van der Waals surface area (Å²) in [5.74, 6) is 0. The predicted octanol–water partition coefficient (Wildman–Crippen LogP) is -8.73. The van der Waals surface area contributed by atoms with E-state index in [0.29, 0.717) is 0 Å². The fourth-order valence-electron chi connectivity index (χ4n) is 0. The average molecular weight is 213 g/mol. The van der Waals surface area contributed by atoms with E-state index >= 15 is 0 Å². The van der Waals surface area contributed by atoms with E-state index in [-0.39, 0.29) is 103 Å². The molecule has 0 aromatic carbocycles. The SMILES string of the molecule is [K+].[K+].[O]=[Mn](=[O])(=[O])([O-])[O-]. The molecule has 0 radical (unpaired) electrons. The van der Waals surface area contributed by atoms with Gasteiger partial charge in [-0.25, -0.2) is 0 Å². The summed E-state index contributed by atoms with van der Waals surface area (Å²) in [6.45, 7) is 0. The van der Waals surface area contributed by atoms with Crippen molar-refractivity contribution in [3.05, 3.63) is 0 Å². The van der Waals surface area contributed by atoms with Crippen molar-refractivity contribution < 1.29 is 135 Å². The summed E-state index contributed by atoms with van der Waals surface area (Å²) >= 11 is -7.51. The van der Waals surface area contributed by atoms with Crippen LogP contribution in [0, 0.1) is 0 Å². The molecule has 0 aliphatic rings. The van der Waals surface area contributed by atoms with Crippen molar-refractivity contribution >= 4 is 0 Å². The Morgan fingerprint density at radius 3 is 0.875 bits per heavy atom. The Balaban J connectivity index is -0.000000125. The molecule has 5 nitrogen and oxygen atoms in total. The molecule has 8 heteroatoms. The van der Waals surface area contributed by atoms with Crippen LogP contribution < -0.4 is 111 Å². The quantitative estimate of drug-likeness (QED) is 0.372. The van der Waals surface area contributed by atoms with Crippen LogP contribution in [0.3, 0.4) is 0 Å². The molecule has 0 N–H and O–H groups in total. The van der Waals surface area contributed by atoms with Gasteiger partial charge in [-0.3, -0.25) is 0 Å². The summed E-state index contributed by atoms with van der Waals surface area (Å²) in [5, 5.41) is 0. The first-order valence-electron chi connectivity index (χ1n) is 0.772. The Hall–Kier alpha value is 3.11. The number of rotatable bonds is 0. The molecule has 39 valence electrons. The molecule has 0 bridgehead atoms. The molecule has 0 heterocycles. The second-order valence-electron chi connectivity index (χ2n) is 0.630. The van der Waals surface area contributed by atoms with Crippen LogP contribution in [0.25, 0.3) is 0 Å². The molecular formula is K2MnO5. The van der Waals surface area contributed by atoms with E-state index in [1.165, 1.54) is 0 Å². The third-order valence-corrected chi connectivity index (χ3v) is 0. The zero-order valence-corrected chi connectivity index (χ0v) is 11.8. The van der Waals surface area contributed by atoms with Gasteiger partial charge < -0.3 is 0 Å². The van der Waals surface area contributed by atoms with Gasteiger partial charge >= 0.3 is 135 Å². The van der Waals surface area contributed by atoms with Gasteiger partial charge in [0.05, 0.1) is 0 Å². The zero-order valence-electron chi connectivity index (χ0n) is 4.42. The molecule has 0 saturated carbocycles. The zero-order chi connectivity index (χ0) is 5.45. The second-order valence-corrected chi connectivity index (χ2v) is 2.60. The van der Waals surface area contributed by atoms with E-state index in [1.807, 2.05) is 0 Å². The molecule has 0 aromatic rings. The Morgan fingerprint density at radius 1 is 0.875 bits per heavy atom. The summed E-state index contributed by atoms with van der Waals surface area (Å²) in [5.41, 5.74) is 0. The molecule has 0 amide bonds. The van der Waals surface area contributed by atoms with Crippen LogP contribution in [0.1, 0.15) is 0 Å². The van der Waals surface area contributed by atoms with E-state index in [1.54, 1.807) is 0 Å². The fraction of sp³-hybridized carbons (Fsp3) is 0. The first-order chi connectivity index (χ1) is 2.24. The number of hydrogen-bond donors (Lipinski definition) is 0. The average Bonchev–Trinajstić information content (AvgIpc) is 0.650. The van der Waals surface area contributed by atoms with Crippen LogP contribution in [0.2, 0.25) is 0 Å². The van der Waals surface area contributed by atoms with Gasteiger partial charge in [0.1, 0.15) is 0 Å². The monoisotopic (exact) mass is 213 g/mol. The maximum atomic E-state index is 8.61. The van der Waals surface area contributed by atoms with Gasteiger partial charge in [-0.1, -0.05) is 0 Å². The van der Waals surface area contributed by atoms with Crippen molar-refractivity contribution in [2.45, 2.75) is 0 Å². The van der Waals surface area contributed by atoms with E-state index in [9.17, 15) is 0 Å². The molecule has 0 saturated heterocycles. The molecule has 0 fully saturated rings. The Labute approximate surface area is 131 Å². The standard InChI is InChI=1S/2K.Mn.5O/q2*+1;;;;;2*-1. The molecule has 0 aromatic heterocycles. The third-order valence-electron chi connectivity index (χ3n) is 0. The molecule has 0 aliphatic carbocycles. The molecule has 0 unspecified atom stereocenters. The van der Waals surface area contributed by atoms with Crippen LogP contribution >= 0.6 is 0 Å². The molecule has 0 spiro atoms. The molecule has 0 rings (SSSR count). The summed E-state index contributed by atoms with van der Waals surface area (Å²) in [6.07, 6.45) is 0. The van der Waals surface area contributed by atoms with Gasteiger partial charge in [-0.2, -0.15) is 0 Å². The summed E-state index contributed by atoms with van der Waals surface area (Å²) in [6, 6.07) is 0. The summed E-state index contributed by atoms with van der Waals surface area (Å²) in [7, 11) is 0. The molecular weight excluding hydrogens is 213 g/mol. The van der Waals surface area contributed by atoms with Gasteiger partial charge in [-0.05, 0) is 0 Å². The predicted molar refractivity (Wildman–Crippen MR) is 2.06 cm³/mol. The summed E-state index contributed by atoms with van der Waals surface area (Å²) in [4.78, 5) is 0. The second kappa shape index (κ2) is 4.88. The van der Waals surface area contributed by atoms with Crippen LogP contribution in [-0.4, -0.2) is 0 Å². The van der Waals surface area contributed by atoms with E-state index < -0.39 is 12.2 Å². The van der Waals surface area contributed by atoms with Crippen molar-refractivity contribution in [1.82, 2.24) is 0 Å². The molecule has 8 heavy (non-hydrogen) atoms. The van der Waals surface area contributed by atoms with E-state index in [2.05, 4.69) is 0 Å². The first-order valence-corrected chi connectivity index (χ1v) is 3.18. The van der Waals surface area contributed by atoms with Crippen LogP contribution in [0.4, 0.5) is 0 Å². The van der Waals surface area contributed by atoms with Gasteiger partial charge in [0.15, 0.2) is 0 Å². The topological polar surface area (TPSA) is 97.3 Å². The Bertz CT molecular complexity index is 189. The normalized spacial score (nSPS) is 14.0. The van der Waals surface area contributed by atoms with Crippen molar-refractivity contribution in [2.75, 3.05) is 0 Å². The molecule has 0 atom stereocenters. The minimum absolute atomic E-state index is 0. The Morgan fingerprint density at radius 2 is 0.875 bits per heavy atom. The fourth-order valence-corrected chi connectivity index (χ4v) is 0. The minimum atomic E-state index is -7.51. The number of hydrogen-bond acceptors (Lipinski definition) is 5. The van der Waals surface area contributed by atoms with E-state index in [4.69, 9.17) is 19.9 Å². The Kier molecular flexibility index (Phi) is 10.5. The summed E-state index contributed by atoms with van der Waals surface area (Å²) < 4.78 is 43.1.